The maximum atomic E-state index is 13.2. The lowest BCUT2D eigenvalue weighted by molar-refractivity contribution is 0.00461. The van der Waals surface area contributed by atoms with E-state index in [4.69, 9.17) is 4.74 Å². The molecule has 0 aliphatic carbocycles. The molecule has 2 unspecified atom stereocenters. The van der Waals surface area contributed by atoms with Gasteiger partial charge in [-0.25, -0.2) is 4.79 Å². The molecule has 2 saturated heterocycles. The number of piperidine rings is 2. The van der Waals surface area contributed by atoms with Crippen LogP contribution in [0.15, 0.2) is 42.6 Å². The van der Waals surface area contributed by atoms with E-state index in [9.17, 15) is 9.59 Å². The summed E-state index contributed by atoms with van der Waals surface area (Å²) in [6, 6.07) is 11.9. The summed E-state index contributed by atoms with van der Waals surface area (Å²) in [6.45, 7) is 4.22. The maximum absolute atomic E-state index is 13.2. The summed E-state index contributed by atoms with van der Waals surface area (Å²) in [4.78, 5) is 32.3. The van der Waals surface area contributed by atoms with Gasteiger partial charge in [0.15, 0.2) is 5.78 Å². The van der Waals surface area contributed by atoms with Gasteiger partial charge in [-0.15, -0.1) is 0 Å². The lowest BCUT2D eigenvalue weighted by Gasteiger charge is -2.47. The number of rotatable bonds is 4. The van der Waals surface area contributed by atoms with Gasteiger partial charge >= 0.3 is 6.09 Å². The molecule has 0 saturated carbocycles. The molecule has 3 heterocycles. The molecule has 29 heavy (non-hydrogen) atoms. The Morgan fingerprint density at radius 3 is 2.45 bits per heavy atom. The Morgan fingerprint density at radius 2 is 1.79 bits per heavy atom. The number of pyridine rings is 1. The molecule has 1 aromatic heterocycles. The van der Waals surface area contributed by atoms with Crippen LogP contribution in [-0.2, 0) is 11.3 Å². The zero-order chi connectivity index (χ0) is 20.4. The van der Waals surface area contributed by atoms with Gasteiger partial charge in [-0.2, -0.15) is 0 Å². The molecule has 2 aliphatic rings. The number of amides is 1. The molecule has 2 atom stereocenters. The zero-order valence-electron chi connectivity index (χ0n) is 17.1. The Morgan fingerprint density at radius 1 is 1.10 bits per heavy atom. The number of hydrogen-bond donors (Lipinski definition) is 0. The number of nitrogens with zero attached hydrogens (tertiary/aromatic N) is 2. The Kier molecular flexibility index (Phi) is 5.65. The molecule has 0 radical (unpaired) electrons. The topological polar surface area (TPSA) is 59.5 Å². The SMILES string of the molecule is Cc1cnc(C(=O)C2CC3CCCC(C2)N3C(=O)OCc2ccccc2)c(C)c1. The normalized spacial score (nSPS) is 23.5. The molecular weight excluding hydrogens is 364 g/mol. The van der Waals surface area contributed by atoms with Gasteiger partial charge in [-0.3, -0.25) is 9.78 Å². The summed E-state index contributed by atoms with van der Waals surface area (Å²) >= 11 is 0. The van der Waals surface area contributed by atoms with Gasteiger partial charge in [0, 0.05) is 24.2 Å². The molecule has 5 heteroatoms. The fourth-order valence-corrected chi connectivity index (χ4v) is 4.85. The van der Waals surface area contributed by atoms with Crippen molar-refractivity contribution in [3.05, 3.63) is 65.0 Å². The number of fused-ring (bicyclic) bond motifs is 2. The molecule has 0 spiro atoms. The van der Waals surface area contributed by atoms with Crippen molar-refractivity contribution in [2.45, 2.75) is 64.6 Å². The fraction of sp³-hybridized carbons (Fsp3) is 0.458. The molecule has 2 aliphatic heterocycles. The minimum Gasteiger partial charge on any atom is -0.445 e. The highest BCUT2D eigenvalue weighted by Gasteiger charge is 2.44. The predicted octanol–water partition coefficient (Wildman–Crippen LogP) is 4.85. The quantitative estimate of drug-likeness (QED) is 0.698. The van der Waals surface area contributed by atoms with Crippen molar-refractivity contribution in [2.75, 3.05) is 0 Å². The third-order valence-electron chi connectivity index (χ3n) is 6.21. The average molecular weight is 392 g/mol. The predicted molar refractivity (Wildman–Crippen MR) is 111 cm³/mol. The second kappa shape index (κ2) is 8.36. The van der Waals surface area contributed by atoms with Crippen molar-refractivity contribution < 1.29 is 14.3 Å². The molecule has 5 nitrogen and oxygen atoms in total. The van der Waals surface area contributed by atoms with Crippen LogP contribution in [0.25, 0.3) is 0 Å². The van der Waals surface area contributed by atoms with Gasteiger partial charge in [0.25, 0.3) is 0 Å². The number of hydrogen-bond acceptors (Lipinski definition) is 4. The van der Waals surface area contributed by atoms with E-state index in [0.29, 0.717) is 18.5 Å². The second-order valence-electron chi connectivity index (χ2n) is 8.40. The standard InChI is InChI=1S/C24H28N2O3/c1-16-11-17(2)22(25-14-16)23(27)19-12-20-9-6-10-21(13-19)26(20)24(28)29-15-18-7-4-3-5-8-18/h3-5,7-8,11,14,19-21H,6,9-10,12-13,15H2,1-2H3. The third kappa shape index (κ3) is 4.19. The Balaban J connectivity index is 1.44. The van der Waals surface area contributed by atoms with Crippen molar-refractivity contribution in [2.24, 2.45) is 5.92 Å². The van der Waals surface area contributed by atoms with Crippen LogP contribution in [-0.4, -0.2) is 33.8 Å². The fourth-order valence-electron chi connectivity index (χ4n) is 4.85. The molecule has 2 bridgehead atoms. The van der Waals surface area contributed by atoms with E-state index in [1.54, 1.807) is 6.20 Å². The highest BCUT2D eigenvalue weighted by atomic mass is 16.6. The first-order valence-electron chi connectivity index (χ1n) is 10.5. The van der Waals surface area contributed by atoms with Crippen molar-refractivity contribution in [1.82, 2.24) is 9.88 Å². The largest absolute Gasteiger partial charge is 0.445 e. The summed E-state index contributed by atoms with van der Waals surface area (Å²) in [5.41, 5.74) is 3.56. The molecule has 2 fully saturated rings. The highest BCUT2D eigenvalue weighted by Crippen LogP contribution is 2.39. The van der Waals surface area contributed by atoms with Gasteiger partial charge in [0.1, 0.15) is 12.3 Å². The number of aromatic nitrogens is 1. The monoisotopic (exact) mass is 392 g/mol. The molecule has 0 N–H and O–H groups in total. The van der Waals surface area contributed by atoms with Gasteiger partial charge in [0.2, 0.25) is 0 Å². The minimum absolute atomic E-state index is 0.0719. The summed E-state index contributed by atoms with van der Waals surface area (Å²) in [5, 5.41) is 0. The average Bonchev–Trinajstić information content (AvgIpc) is 2.71. The van der Waals surface area contributed by atoms with E-state index < -0.39 is 0 Å². The first kappa shape index (κ1) is 19.6. The summed E-state index contributed by atoms with van der Waals surface area (Å²) in [7, 11) is 0. The molecule has 1 aromatic carbocycles. The van der Waals surface area contributed by atoms with Crippen LogP contribution in [0.5, 0.6) is 0 Å². The number of benzene rings is 1. The van der Waals surface area contributed by atoms with E-state index in [0.717, 1.165) is 36.0 Å². The molecular formula is C24H28N2O3. The van der Waals surface area contributed by atoms with Gasteiger partial charge in [-0.05, 0) is 62.6 Å². The van der Waals surface area contributed by atoms with Crippen molar-refractivity contribution in [3.8, 4) is 0 Å². The van der Waals surface area contributed by atoms with Crippen molar-refractivity contribution >= 4 is 11.9 Å². The van der Waals surface area contributed by atoms with Crippen LogP contribution < -0.4 is 0 Å². The van der Waals surface area contributed by atoms with Crippen molar-refractivity contribution in [3.63, 3.8) is 0 Å². The first-order chi connectivity index (χ1) is 14.0. The van der Waals surface area contributed by atoms with Gasteiger partial charge < -0.3 is 9.64 Å². The van der Waals surface area contributed by atoms with Crippen molar-refractivity contribution in [1.29, 1.82) is 0 Å². The second-order valence-corrected chi connectivity index (χ2v) is 8.40. The van der Waals surface area contributed by atoms with E-state index >= 15 is 0 Å². The molecule has 4 rings (SSSR count). The third-order valence-corrected chi connectivity index (χ3v) is 6.21. The molecule has 152 valence electrons. The van der Waals surface area contributed by atoms with E-state index in [-0.39, 0.29) is 36.5 Å². The van der Waals surface area contributed by atoms with Gasteiger partial charge in [-0.1, -0.05) is 36.4 Å². The lowest BCUT2D eigenvalue weighted by Crippen LogP contribution is -2.55. The van der Waals surface area contributed by atoms with Crippen LogP contribution in [0.4, 0.5) is 4.79 Å². The Bertz CT molecular complexity index is 882. The number of Topliss-reactive ketones (excluding diaryl/α,β-unsaturated/α-hetero) is 1. The maximum Gasteiger partial charge on any atom is 0.410 e. The Labute approximate surface area is 172 Å². The number of aryl methyl sites for hydroxylation is 2. The summed E-state index contributed by atoms with van der Waals surface area (Å²) in [5.74, 6) is 0.0501. The van der Waals surface area contributed by atoms with Crippen LogP contribution in [0, 0.1) is 19.8 Å². The van der Waals surface area contributed by atoms with Crippen LogP contribution in [0.3, 0.4) is 0 Å². The number of carbonyl (C=O) groups excluding carboxylic acids is 2. The van der Waals surface area contributed by atoms with Crippen LogP contribution >= 0.6 is 0 Å². The number of ether oxygens (including phenoxy) is 1. The minimum atomic E-state index is -0.251. The number of ketones is 1. The van der Waals surface area contributed by atoms with E-state index in [1.807, 2.05) is 55.1 Å². The van der Waals surface area contributed by atoms with E-state index in [1.165, 1.54) is 0 Å². The zero-order valence-corrected chi connectivity index (χ0v) is 17.1. The van der Waals surface area contributed by atoms with Crippen LogP contribution in [0.2, 0.25) is 0 Å². The smallest absolute Gasteiger partial charge is 0.410 e. The van der Waals surface area contributed by atoms with Gasteiger partial charge in [0.05, 0.1) is 0 Å². The van der Waals surface area contributed by atoms with E-state index in [2.05, 4.69) is 4.98 Å². The lowest BCUT2D eigenvalue weighted by atomic mass is 9.76. The summed E-state index contributed by atoms with van der Waals surface area (Å²) in [6.07, 6.45) is 5.87. The van der Waals surface area contributed by atoms with Crippen LogP contribution in [0.1, 0.15) is 59.3 Å². The number of carbonyl (C=O) groups is 2. The highest BCUT2D eigenvalue weighted by molar-refractivity contribution is 5.97. The molecule has 2 aromatic rings. The first-order valence-corrected chi connectivity index (χ1v) is 10.5. The summed E-state index contributed by atoms with van der Waals surface area (Å²) < 4.78 is 5.61. The Hall–Kier alpha value is -2.69. The molecule has 1 amide bonds.